The van der Waals surface area contributed by atoms with Gasteiger partial charge in [0.2, 0.25) is 5.95 Å². The number of para-hydroxylation sites is 1. The van der Waals surface area contributed by atoms with E-state index in [1.807, 2.05) is 73.7 Å². The highest BCUT2D eigenvalue weighted by molar-refractivity contribution is 6.32. The summed E-state index contributed by atoms with van der Waals surface area (Å²) in [7, 11) is 0. The fourth-order valence-electron chi connectivity index (χ4n) is 3.80. The van der Waals surface area contributed by atoms with Crippen molar-refractivity contribution in [3.63, 3.8) is 0 Å². The fraction of sp³-hybridized carbons (Fsp3) is 0.111. The van der Waals surface area contributed by atoms with Crippen LogP contribution < -0.4 is 10.2 Å². The van der Waals surface area contributed by atoms with Gasteiger partial charge in [0.05, 0.1) is 24.0 Å². The molecule has 0 fully saturated rings. The van der Waals surface area contributed by atoms with Crippen LogP contribution in [0.25, 0.3) is 33.1 Å². The van der Waals surface area contributed by atoms with Crippen molar-refractivity contribution < 1.29 is 4.74 Å². The Balaban J connectivity index is 1.48. The van der Waals surface area contributed by atoms with Crippen molar-refractivity contribution in [2.45, 2.75) is 13.8 Å². The van der Waals surface area contributed by atoms with Gasteiger partial charge in [-0.25, -0.2) is 20.4 Å². The maximum absolute atomic E-state index is 6.44. The van der Waals surface area contributed by atoms with Gasteiger partial charge < -0.3 is 4.74 Å². The Morgan fingerprint density at radius 3 is 2.65 bits per heavy atom. The van der Waals surface area contributed by atoms with Crippen molar-refractivity contribution in [1.82, 2.24) is 15.0 Å². The van der Waals surface area contributed by atoms with Gasteiger partial charge in [0, 0.05) is 21.9 Å². The topological polar surface area (TPSA) is 72.3 Å². The number of aryl methyl sites for hydroxylation is 1. The zero-order valence-corrected chi connectivity index (χ0v) is 19.5. The molecule has 0 unspecified atom stereocenters. The Morgan fingerprint density at radius 1 is 0.971 bits per heavy atom. The Hall–Kier alpha value is -4.03. The van der Waals surface area contributed by atoms with Crippen molar-refractivity contribution in [2.24, 2.45) is 5.10 Å². The zero-order valence-electron chi connectivity index (χ0n) is 18.8. The van der Waals surface area contributed by atoms with Crippen molar-refractivity contribution in [2.75, 3.05) is 12.0 Å². The first-order valence-electron chi connectivity index (χ1n) is 11.0. The number of halogens is 1. The van der Waals surface area contributed by atoms with Crippen LogP contribution >= 0.6 is 11.6 Å². The number of nitrogens with zero attached hydrogens (tertiary/aromatic N) is 4. The maximum Gasteiger partial charge on any atom is 0.244 e. The molecule has 0 saturated carbocycles. The van der Waals surface area contributed by atoms with E-state index in [0.717, 1.165) is 38.6 Å². The normalized spacial score (nSPS) is 11.4. The molecule has 5 aromatic rings. The molecule has 0 bridgehead atoms. The van der Waals surface area contributed by atoms with E-state index in [9.17, 15) is 0 Å². The SMILES string of the molecule is CCOc1cccc2cc(C=NNc3nc(-c4ccccc4)c4cc(C)ccc4n3)c(Cl)nc12. The van der Waals surface area contributed by atoms with Gasteiger partial charge in [0.1, 0.15) is 16.4 Å². The number of ether oxygens (including phenoxy) is 1. The van der Waals surface area contributed by atoms with Gasteiger partial charge in [-0.3, -0.25) is 0 Å². The number of rotatable bonds is 6. The molecule has 5 rings (SSSR count). The molecule has 1 N–H and O–H groups in total. The summed E-state index contributed by atoms with van der Waals surface area (Å²) in [4.78, 5) is 13.9. The number of pyridine rings is 1. The molecular weight excluding hydrogens is 446 g/mol. The number of nitrogens with one attached hydrogen (secondary N) is 1. The average Bonchev–Trinajstić information content (AvgIpc) is 2.85. The number of anilines is 1. The van der Waals surface area contributed by atoms with Gasteiger partial charge >= 0.3 is 0 Å². The van der Waals surface area contributed by atoms with Crippen molar-refractivity contribution >= 4 is 45.6 Å². The minimum absolute atomic E-state index is 0.338. The summed E-state index contributed by atoms with van der Waals surface area (Å²) in [6.45, 7) is 4.55. The van der Waals surface area contributed by atoms with Gasteiger partial charge in [-0.2, -0.15) is 5.10 Å². The first-order valence-corrected chi connectivity index (χ1v) is 11.3. The highest BCUT2D eigenvalue weighted by atomic mass is 35.5. The number of aromatic nitrogens is 3. The second-order valence-electron chi connectivity index (χ2n) is 7.78. The first-order chi connectivity index (χ1) is 16.6. The summed E-state index contributed by atoms with van der Waals surface area (Å²) < 4.78 is 5.66. The van der Waals surface area contributed by atoms with Crippen molar-refractivity contribution in [3.8, 4) is 17.0 Å². The molecule has 2 aromatic heterocycles. The predicted octanol–water partition coefficient (Wildman–Crippen LogP) is 6.65. The van der Waals surface area contributed by atoms with Crippen LogP contribution in [0.15, 0.2) is 77.9 Å². The molecular formula is C27H22ClN5O. The van der Waals surface area contributed by atoms with E-state index in [4.69, 9.17) is 21.3 Å². The Bertz CT molecular complexity index is 1520. The fourth-order valence-corrected chi connectivity index (χ4v) is 3.98. The molecule has 0 radical (unpaired) electrons. The first kappa shape index (κ1) is 21.8. The van der Waals surface area contributed by atoms with Crippen LogP contribution in [0.1, 0.15) is 18.1 Å². The maximum atomic E-state index is 6.44. The van der Waals surface area contributed by atoms with Crippen molar-refractivity contribution in [3.05, 3.63) is 89.1 Å². The minimum atomic E-state index is 0.338. The molecule has 3 aromatic carbocycles. The summed E-state index contributed by atoms with van der Waals surface area (Å²) in [5, 5.41) is 6.59. The molecule has 0 aliphatic heterocycles. The molecule has 7 heteroatoms. The van der Waals surface area contributed by atoms with E-state index < -0.39 is 0 Å². The number of fused-ring (bicyclic) bond motifs is 2. The van der Waals surface area contributed by atoms with E-state index in [2.05, 4.69) is 33.5 Å². The van der Waals surface area contributed by atoms with Gasteiger partial charge in [0.15, 0.2) is 0 Å². The lowest BCUT2D eigenvalue weighted by atomic mass is 10.0. The lowest BCUT2D eigenvalue weighted by molar-refractivity contribution is 0.343. The molecule has 0 atom stereocenters. The van der Waals surface area contributed by atoms with E-state index in [1.165, 1.54) is 0 Å². The van der Waals surface area contributed by atoms with E-state index >= 15 is 0 Å². The quantitative estimate of drug-likeness (QED) is 0.172. The van der Waals surface area contributed by atoms with E-state index in [0.29, 0.717) is 29.0 Å². The van der Waals surface area contributed by atoms with Gasteiger partial charge in [-0.1, -0.05) is 65.7 Å². The number of hydrogen-bond acceptors (Lipinski definition) is 6. The average molecular weight is 468 g/mol. The molecule has 0 spiro atoms. The number of hydrazone groups is 1. The van der Waals surface area contributed by atoms with Crippen LogP contribution in [0.4, 0.5) is 5.95 Å². The molecule has 0 aliphatic rings. The van der Waals surface area contributed by atoms with Crippen LogP contribution in [-0.4, -0.2) is 27.8 Å². The second-order valence-corrected chi connectivity index (χ2v) is 8.14. The lowest BCUT2D eigenvalue weighted by Crippen LogP contribution is -2.00. The van der Waals surface area contributed by atoms with E-state index in [-0.39, 0.29) is 0 Å². The summed E-state index contributed by atoms with van der Waals surface area (Å²) in [6.07, 6.45) is 1.62. The third kappa shape index (κ3) is 4.40. The molecule has 0 aliphatic carbocycles. The van der Waals surface area contributed by atoms with Gasteiger partial charge in [-0.15, -0.1) is 0 Å². The highest BCUT2D eigenvalue weighted by Crippen LogP contribution is 2.29. The standard InChI is InChI=1S/C27H22ClN5O/c1-3-34-23-11-7-10-19-15-20(26(28)31-25(19)23)16-29-33-27-30-22-13-12-17(2)14-21(22)24(32-27)18-8-5-4-6-9-18/h4-16H,3H2,1-2H3,(H,30,32,33). The van der Waals surface area contributed by atoms with Crippen molar-refractivity contribution in [1.29, 1.82) is 0 Å². The van der Waals surface area contributed by atoms with Crippen LogP contribution in [0.5, 0.6) is 5.75 Å². The van der Waals surface area contributed by atoms with Crippen LogP contribution in [0.2, 0.25) is 5.15 Å². The Kier molecular flexibility index (Phi) is 6.06. The Morgan fingerprint density at radius 2 is 1.82 bits per heavy atom. The molecule has 2 heterocycles. The van der Waals surface area contributed by atoms with Crippen LogP contribution in [0, 0.1) is 6.92 Å². The molecule has 168 valence electrons. The third-order valence-electron chi connectivity index (χ3n) is 5.36. The molecule has 0 saturated heterocycles. The zero-order chi connectivity index (χ0) is 23.5. The summed E-state index contributed by atoms with van der Waals surface area (Å²) >= 11 is 6.44. The highest BCUT2D eigenvalue weighted by Gasteiger charge is 2.11. The predicted molar refractivity (Wildman–Crippen MR) is 139 cm³/mol. The second kappa shape index (κ2) is 9.45. The molecule has 0 amide bonds. The van der Waals surface area contributed by atoms with Crippen LogP contribution in [-0.2, 0) is 0 Å². The number of hydrogen-bond donors (Lipinski definition) is 1. The third-order valence-corrected chi connectivity index (χ3v) is 5.66. The summed E-state index contributed by atoms with van der Waals surface area (Å²) in [5.41, 5.74) is 8.20. The monoisotopic (exact) mass is 467 g/mol. The Labute approximate surface area is 202 Å². The smallest absolute Gasteiger partial charge is 0.244 e. The van der Waals surface area contributed by atoms with Gasteiger partial charge in [0.25, 0.3) is 0 Å². The van der Waals surface area contributed by atoms with E-state index in [1.54, 1.807) is 6.21 Å². The largest absolute Gasteiger partial charge is 0.492 e. The summed E-state index contributed by atoms with van der Waals surface area (Å²) in [6, 6.07) is 23.9. The molecule has 6 nitrogen and oxygen atoms in total. The van der Waals surface area contributed by atoms with Gasteiger partial charge in [-0.05, 0) is 38.1 Å². The number of benzene rings is 3. The lowest BCUT2D eigenvalue weighted by Gasteiger charge is -2.09. The minimum Gasteiger partial charge on any atom is -0.492 e. The molecule has 34 heavy (non-hydrogen) atoms. The van der Waals surface area contributed by atoms with Crippen LogP contribution in [0.3, 0.4) is 0 Å². The summed E-state index contributed by atoms with van der Waals surface area (Å²) in [5.74, 6) is 1.10.